The van der Waals surface area contributed by atoms with E-state index < -0.39 is 0 Å². The number of nitrogens with zero attached hydrogens (tertiary/aromatic N) is 4. The van der Waals surface area contributed by atoms with Gasteiger partial charge in [-0.25, -0.2) is 0 Å². The van der Waals surface area contributed by atoms with Crippen LogP contribution in [0.4, 0.5) is 5.82 Å². The van der Waals surface area contributed by atoms with Gasteiger partial charge in [0, 0.05) is 10.9 Å². The third kappa shape index (κ3) is 2.59. The van der Waals surface area contributed by atoms with E-state index in [1.165, 1.54) is 17.5 Å². The number of hydrogen-bond donors (Lipinski definition) is 1. The Balaban J connectivity index is 1.51. The van der Waals surface area contributed by atoms with Crippen molar-refractivity contribution in [2.45, 2.75) is 25.3 Å². The van der Waals surface area contributed by atoms with Gasteiger partial charge in [-0.15, -0.1) is 15.3 Å². The molecule has 1 aliphatic rings. The highest BCUT2D eigenvalue weighted by Crippen LogP contribution is 2.32. The van der Waals surface area contributed by atoms with Crippen molar-refractivity contribution < 1.29 is 0 Å². The fourth-order valence-electron chi connectivity index (χ4n) is 3.52. The van der Waals surface area contributed by atoms with Gasteiger partial charge in [-0.2, -0.15) is 15.9 Å². The molecule has 6 heteroatoms. The van der Waals surface area contributed by atoms with Gasteiger partial charge >= 0.3 is 0 Å². The van der Waals surface area contributed by atoms with E-state index in [0.717, 1.165) is 35.7 Å². The van der Waals surface area contributed by atoms with E-state index in [9.17, 15) is 0 Å². The second-order valence-corrected chi connectivity index (χ2v) is 7.09. The molecule has 0 amide bonds. The molecule has 0 spiro atoms. The monoisotopic (exact) mass is 347 g/mol. The van der Waals surface area contributed by atoms with Crippen LogP contribution in [-0.4, -0.2) is 19.8 Å². The maximum Gasteiger partial charge on any atom is 0.186 e. The predicted octanol–water partition coefficient (Wildman–Crippen LogP) is 4.34. The van der Waals surface area contributed by atoms with E-state index in [2.05, 4.69) is 45.2 Å². The van der Waals surface area contributed by atoms with E-state index in [1.807, 2.05) is 28.1 Å². The molecule has 5 rings (SSSR count). The summed E-state index contributed by atoms with van der Waals surface area (Å²) in [5.41, 5.74) is 4.63. The summed E-state index contributed by atoms with van der Waals surface area (Å²) in [5, 5.41) is 21.0. The van der Waals surface area contributed by atoms with Crippen LogP contribution < -0.4 is 5.32 Å². The number of anilines is 1. The van der Waals surface area contributed by atoms with E-state index in [1.54, 1.807) is 11.3 Å². The average molecular weight is 347 g/mol. The fraction of sp³-hybridized carbons (Fsp3) is 0.211. The molecule has 1 unspecified atom stereocenters. The minimum atomic E-state index is 0.302. The van der Waals surface area contributed by atoms with Gasteiger partial charge < -0.3 is 5.32 Å². The van der Waals surface area contributed by atoms with Crippen molar-refractivity contribution in [2.75, 3.05) is 5.32 Å². The summed E-state index contributed by atoms with van der Waals surface area (Å²) in [6, 6.07) is 15.0. The average Bonchev–Trinajstić information content (AvgIpc) is 3.31. The largest absolute Gasteiger partial charge is 0.362 e. The van der Waals surface area contributed by atoms with Crippen molar-refractivity contribution in [3.8, 4) is 11.4 Å². The Morgan fingerprint density at radius 3 is 2.96 bits per heavy atom. The lowest BCUT2D eigenvalue weighted by Gasteiger charge is -2.26. The Hall–Kier alpha value is -2.73. The molecule has 4 aromatic rings. The summed E-state index contributed by atoms with van der Waals surface area (Å²) < 4.78 is 1.82. The fourth-order valence-corrected chi connectivity index (χ4v) is 4.15. The first-order valence-corrected chi connectivity index (χ1v) is 9.42. The van der Waals surface area contributed by atoms with Gasteiger partial charge in [0.2, 0.25) is 0 Å². The molecule has 0 fully saturated rings. The molecule has 1 atom stereocenters. The molecule has 0 bridgehead atoms. The standard InChI is InChI=1S/C19H17N5S/c1-2-6-15-13(4-1)5-3-7-16(15)20-17-8-9-18-21-22-19(24(18)23-17)14-10-11-25-12-14/h1-2,4,6,8-12,16H,3,5,7H2,(H,20,23). The molecular weight excluding hydrogens is 330 g/mol. The Kier molecular flexibility index (Phi) is 3.48. The lowest BCUT2D eigenvalue weighted by Crippen LogP contribution is -2.18. The van der Waals surface area contributed by atoms with Crippen LogP contribution in [0, 0.1) is 0 Å². The highest BCUT2D eigenvalue weighted by Gasteiger charge is 2.20. The molecule has 25 heavy (non-hydrogen) atoms. The second kappa shape index (κ2) is 5.97. The summed E-state index contributed by atoms with van der Waals surface area (Å²) >= 11 is 1.65. The summed E-state index contributed by atoms with van der Waals surface area (Å²) in [5.74, 6) is 1.63. The molecule has 1 aliphatic carbocycles. The predicted molar refractivity (Wildman–Crippen MR) is 99.8 cm³/mol. The molecule has 1 N–H and O–H groups in total. The van der Waals surface area contributed by atoms with Crippen LogP contribution in [0.5, 0.6) is 0 Å². The summed E-state index contributed by atoms with van der Waals surface area (Å²) in [4.78, 5) is 0. The molecule has 1 aromatic carbocycles. The van der Waals surface area contributed by atoms with Crippen LogP contribution in [0.15, 0.2) is 53.2 Å². The molecule has 5 nitrogen and oxygen atoms in total. The van der Waals surface area contributed by atoms with Crippen LogP contribution in [0.2, 0.25) is 0 Å². The minimum absolute atomic E-state index is 0.302. The molecule has 0 radical (unpaired) electrons. The third-order valence-corrected chi connectivity index (χ3v) is 5.42. The number of aromatic nitrogens is 4. The van der Waals surface area contributed by atoms with Gasteiger partial charge in [0.25, 0.3) is 0 Å². The van der Waals surface area contributed by atoms with Crippen LogP contribution in [0.3, 0.4) is 0 Å². The Morgan fingerprint density at radius 1 is 1.08 bits per heavy atom. The Labute approximate surface area is 149 Å². The molecule has 0 saturated heterocycles. The lowest BCUT2D eigenvalue weighted by molar-refractivity contribution is 0.597. The quantitative estimate of drug-likeness (QED) is 0.599. The lowest BCUT2D eigenvalue weighted by atomic mass is 9.88. The number of benzene rings is 1. The van der Waals surface area contributed by atoms with Crippen LogP contribution in [-0.2, 0) is 6.42 Å². The summed E-state index contributed by atoms with van der Waals surface area (Å²) in [6.45, 7) is 0. The molecule has 0 aliphatic heterocycles. The maximum atomic E-state index is 4.74. The van der Waals surface area contributed by atoms with Gasteiger partial charge in [-0.1, -0.05) is 24.3 Å². The Bertz CT molecular complexity index is 1020. The molecule has 3 heterocycles. The van der Waals surface area contributed by atoms with E-state index in [-0.39, 0.29) is 0 Å². The molecule has 3 aromatic heterocycles. The zero-order valence-corrected chi connectivity index (χ0v) is 14.4. The van der Waals surface area contributed by atoms with Gasteiger partial charge in [-0.05, 0) is 54.0 Å². The van der Waals surface area contributed by atoms with Crippen molar-refractivity contribution in [1.82, 2.24) is 19.8 Å². The van der Waals surface area contributed by atoms with Gasteiger partial charge in [0.05, 0.1) is 6.04 Å². The van der Waals surface area contributed by atoms with E-state index in [4.69, 9.17) is 5.10 Å². The first-order chi connectivity index (χ1) is 12.4. The van der Waals surface area contributed by atoms with Crippen molar-refractivity contribution in [3.63, 3.8) is 0 Å². The van der Waals surface area contributed by atoms with E-state index in [0.29, 0.717) is 6.04 Å². The van der Waals surface area contributed by atoms with Crippen molar-refractivity contribution in [1.29, 1.82) is 0 Å². The number of rotatable bonds is 3. The molecular formula is C19H17N5S. The van der Waals surface area contributed by atoms with Crippen molar-refractivity contribution in [2.24, 2.45) is 0 Å². The van der Waals surface area contributed by atoms with Crippen LogP contribution in [0.25, 0.3) is 17.0 Å². The topological polar surface area (TPSA) is 55.1 Å². The third-order valence-electron chi connectivity index (χ3n) is 4.73. The maximum absolute atomic E-state index is 4.74. The highest BCUT2D eigenvalue weighted by molar-refractivity contribution is 7.08. The normalized spacial score (nSPS) is 16.7. The van der Waals surface area contributed by atoms with E-state index >= 15 is 0 Å². The van der Waals surface area contributed by atoms with Crippen LogP contribution >= 0.6 is 11.3 Å². The Morgan fingerprint density at radius 2 is 2.04 bits per heavy atom. The number of hydrogen-bond acceptors (Lipinski definition) is 5. The first-order valence-electron chi connectivity index (χ1n) is 8.48. The zero-order chi connectivity index (χ0) is 16.6. The first kappa shape index (κ1) is 14.6. The zero-order valence-electron chi connectivity index (χ0n) is 13.6. The van der Waals surface area contributed by atoms with Crippen molar-refractivity contribution in [3.05, 3.63) is 64.4 Å². The smallest absolute Gasteiger partial charge is 0.186 e. The molecule has 124 valence electrons. The number of aryl methyl sites for hydroxylation is 1. The van der Waals surface area contributed by atoms with Crippen LogP contribution in [0.1, 0.15) is 30.0 Å². The number of nitrogens with one attached hydrogen (secondary N) is 1. The van der Waals surface area contributed by atoms with Crippen molar-refractivity contribution >= 4 is 22.8 Å². The minimum Gasteiger partial charge on any atom is -0.362 e. The van der Waals surface area contributed by atoms with Gasteiger partial charge in [0.15, 0.2) is 11.5 Å². The highest BCUT2D eigenvalue weighted by atomic mass is 32.1. The second-order valence-electron chi connectivity index (χ2n) is 6.31. The summed E-state index contributed by atoms with van der Waals surface area (Å²) in [7, 11) is 0. The number of thiophene rings is 1. The van der Waals surface area contributed by atoms with Gasteiger partial charge in [0.1, 0.15) is 5.82 Å². The number of fused-ring (bicyclic) bond motifs is 2. The summed E-state index contributed by atoms with van der Waals surface area (Å²) in [6.07, 6.45) is 3.48. The molecule has 0 saturated carbocycles. The SMILES string of the molecule is c1ccc2c(c1)CCCC2Nc1ccc2nnc(-c3ccsc3)n2n1. The van der Waals surface area contributed by atoms with Gasteiger partial charge in [-0.3, -0.25) is 0 Å².